The molecule has 0 saturated carbocycles. The molecule has 3 atom stereocenters. The lowest BCUT2D eigenvalue weighted by molar-refractivity contribution is -0.161. The number of allylic oxidation sites excluding steroid dienone is 2. The number of ether oxygens (including phenoxy) is 2. The number of carbonyl (C=O) groups is 1. The van der Waals surface area contributed by atoms with Crippen LogP contribution in [0.2, 0.25) is 0 Å². The van der Waals surface area contributed by atoms with Gasteiger partial charge in [-0.3, -0.25) is 4.79 Å². The molecule has 2 aliphatic heterocycles. The van der Waals surface area contributed by atoms with Gasteiger partial charge in [-0.05, 0) is 19.3 Å². The van der Waals surface area contributed by atoms with Crippen LogP contribution < -0.4 is 0 Å². The van der Waals surface area contributed by atoms with Gasteiger partial charge < -0.3 is 9.47 Å². The maximum atomic E-state index is 11.5. The van der Waals surface area contributed by atoms with E-state index in [1.54, 1.807) is 0 Å². The van der Waals surface area contributed by atoms with Crippen molar-refractivity contribution in [2.45, 2.75) is 25.6 Å². The Hall–Kier alpha value is -0.830. The molecule has 0 aromatic carbocycles. The molecule has 0 bridgehead atoms. The summed E-state index contributed by atoms with van der Waals surface area (Å²) in [5, 5.41) is 0. The van der Waals surface area contributed by atoms with E-state index in [0.29, 0.717) is 0 Å². The Morgan fingerprint density at radius 1 is 1.46 bits per heavy atom. The van der Waals surface area contributed by atoms with Crippen molar-refractivity contribution in [2.24, 2.45) is 11.3 Å². The summed E-state index contributed by atoms with van der Waals surface area (Å²) in [5.41, 5.74) is -0.00810. The molecule has 2 saturated heterocycles. The Kier molecular flexibility index (Phi) is 1.37. The van der Waals surface area contributed by atoms with Gasteiger partial charge in [-0.1, -0.05) is 12.2 Å². The molecule has 0 amide bonds. The Morgan fingerprint density at radius 2 is 2.38 bits per heavy atom. The summed E-state index contributed by atoms with van der Waals surface area (Å²) < 4.78 is 10.7. The standard InChI is InChI=1S/C10H12O3/c11-8-7-3-1-2-4-10(7)5-6-12-9(10)13-8/h1-2,7,9H,3-6H2/t7-,9+,10-/m1/s1. The van der Waals surface area contributed by atoms with E-state index in [9.17, 15) is 4.79 Å². The van der Waals surface area contributed by atoms with Gasteiger partial charge in [0.15, 0.2) is 0 Å². The number of rotatable bonds is 0. The first-order valence-corrected chi connectivity index (χ1v) is 4.80. The van der Waals surface area contributed by atoms with Crippen LogP contribution in [-0.4, -0.2) is 18.9 Å². The van der Waals surface area contributed by atoms with Gasteiger partial charge in [0.25, 0.3) is 0 Å². The van der Waals surface area contributed by atoms with Crippen molar-refractivity contribution < 1.29 is 14.3 Å². The molecule has 0 radical (unpaired) electrons. The van der Waals surface area contributed by atoms with Crippen LogP contribution in [0.1, 0.15) is 19.3 Å². The summed E-state index contributed by atoms with van der Waals surface area (Å²) in [6, 6.07) is 0. The highest BCUT2D eigenvalue weighted by molar-refractivity contribution is 5.76. The largest absolute Gasteiger partial charge is 0.435 e. The zero-order valence-corrected chi connectivity index (χ0v) is 7.36. The van der Waals surface area contributed by atoms with Crippen LogP contribution in [0.5, 0.6) is 0 Å². The van der Waals surface area contributed by atoms with Crippen molar-refractivity contribution in [1.29, 1.82) is 0 Å². The molecular formula is C10H12O3. The SMILES string of the molecule is O=C1O[C@@H]2OCC[C@@]23CC=CC[C@H]13. The van der Waals surface area contributed by atoms with E-state index in [4.69, 9.17) is 9.47 Å². The monoisotopic (exact) mass is 180 g/mol. The Morgan fingerprint density at radius 3 is 3.31 bits per heavy atom. The highest BCUT2D eigenvalue weighted by atomic mass is 16.7. The molecule has 2 fully saturated rings. The van der Waals surface area contributed by atoms with Crippen LogP contribution in [0.3, 0.4) is 0 Å². The fourth-order valence-electron chi connectivity index (χ4n) is 2.76. The second-order valence-corrected chi connectivity index (χ2v) is 4.09. The Balaban J connectivity index is 2.04. The third-order valence-electron chi connectivity index (χ3n) is 3.54. The van der Waals surface area contributed by atoms with Crippen molar-refractivity contribution in [3.05, 3.63) is 12.2 Å². The topological polar surface area (TPSA) is 35.5 Å². The molecule has 1 spiro atoms. The lowest BCUT2D eigenvalue weighted by atomic mass is 9.69. The van der Waals surface area contributed by atoms with Crippen LogP contribution in [0.15, 0.2) is 12.2 Å². The van der Waals surface area contributed by atoms with Crippen molar-refractivity contribution in [3.8, 4) is 0 Å². The molecule has 0 N–H and O–H groups in total. The lowest BCUT2D eigenvalue weighted by Gasteiger charge is -2.30. The predicted octanol–water partition coefficient (Wildman–Crippen LogP) is 1.24. The number of hydrogen-bond acceptors (Lipinski definition) is 3. The number of carbonyl (C=O) groups excluding carboxylic acids is 1. The van der Waals surface area contributed by atoms with Crippen molar-refractivity contribution in [1.82, 2.24) is 0 Å². The van der Waals surface area contributed by atoms with Gasteiger partial charge in [0, 0.05) is 0 Å². The number of esters is 1. The van der Waals surface area contributed by atoms with E-state index in [2.05, 4.69) is 12.2 Å². The van der Waals surface area contributed by atoms with Crippen LogP contribution in [0, 0.1) is 11.3 Å². The molecule has 1 aliphatic carbocycles. The van der Waals surface area contributed by atoms with Crippen LogP contribution in [0.4, 0.5) is 0 Å². The van der Waals surface area contributed by atoms with E-state index < -0.39 is 0 Å². The quantitative estimate of drug-likeness (QED) is 0.415. The summed E-state index contributed by atoms with van der Waals surface area (Å²) in [6.45, 7) is 0.738. The minimum Gasteiger partial charge on any atom is -0.435 e. The van der Waals surface area contributed by atoms with E-state index in [1.165, 1.54) is 0 Å². The average Bonchev–Trinajstić information content (AvgIpc) is 2.60. The van der Waals surface area contributed by atoms with Gasteiger partial charge in [-0.25, -0.2) is 0 Å². The maximum Gasteiger partial charge on any atom is 0.312 e. The molecular weight excluding hydrogens is 168 g/mol. The summed E-state index contributed by atoms with van der Waals surface area (Å²) in [4.78, 5) is 11.5. The van der Waals surface area contributed by atoms with Crippen molar-refractivity contribution in [2.75, 3.05) is 6.61 Å². The first-order valence-electron chi connectivity index (χ1n) is 4.80. The van der Waals surface area contributed by atoms with E-state index in [0.717, 1.165) is 25.9 Å². The van der Waals surface area contributed by atoms with Crippen molar-refractivity contribution >= 4 is 5.97 Å². The molecule has 13 heavy (non-hydrogen) atoms. The normalized spacial score (nSPS) is 47.2. The maximum absolute atomic E-state index is 11.5. The van der Waals surface area contributed by atoms with Crippen LogP contribution in [0.25, 0.3) is 0 Å². The minimum atomic E-state index is -0.255. The molecule has 3 heteroatoms. The molecule has 3 nitrogen and oxygen atoms in total. The lowest BCUT2D eigenvalue weighted by Crippen LogP contribution is -2.34. The fourth-order valence-corrected chi connectivity index (χ4v) is 2.76. The van der Waals surface area contributed by atoms with E-state index >= 15 is 0 Å². The smallest absolute Gasteiger partial charge is 0.312 e. The Bertz CT molecular complexity index is 284. The van der Waals surface area contributed by atoms with Gasteiger partial charge in [0.05, 0.1) is 17.9 Å². The molecule has 3 rings (SSSR count). The number of hydrogen-bond donors (Lipinski definition) is 0. The molecule has 0 unspecified atom stereocenters. The predicted molar refractivity (Wildman–Crippen MR) is 44.7 cm³/mol. The van der Waals surface area contributed by atoms with Gasteiger partial charge in [0.2, 0.25) is 6.29 Å². The van der Waals surface area contributed by atoms with Gasteiger partial charge in [-0.2, -0.15) is 0 Å². The Labute approximate surface area is 76.7 Å². The summed E-state index contributed by atoms with van der Waals surface area (Å²) in [7, 11) is 0. The minimum absolute atomic E-state index is 0.00810. The summed E-state index contributed by atoms with van der Waals surface area (Å²) in [6.07, 6.45) is 6.72. The molecule has 70 valence electrons. The summed E-state index contributed by atoms with van der Waals surface area (Å²) in [5.74, 6) is -0.000880. The first-order chi connectivity index (χ1) is 6.33. The first kappa shape index (κ1) is 7.56. The van der Waals surface area contributed by atoms with Crippen LogP contribution >= 0.6 is 0 Å². The third kappa shape index (κ3) is 0.804. The summed E-state index contributed by atoms with van der Waals surface area (Å²) >= 11 is 0. The van der Waals surface area contributed by atoms with E-state index in [1.807, 2.05) is 0 Å². The van der Waals surface area contributed by atoms with Gasteiger partial charge in [-0.15, -0.1) is 0 Å². The zero-order valence-electron chi connectivity index (χ0n) is 7.36. The van der Waals surface area contributed by atoms with Gasteiger partial charge in [0.1, 0.15) is 0 Å². The highest BCUT2D eigenvalue weighted by Gasteiger charge is 2.60. The molecule has 2 heterocycles. The average molecular weight is 180 g/mol. The molecule has 0 aromatic heterocycles. The van der Waals surface area contributed by atoms with Crippen LogP contribution in [-0.2, 0) is 14.3 Å². The highest BCUT2D eigenvalue weighted by Crippen LogP contribution is 2.53. The van der Waals surface area contributed by atoms with Gasteiger partial charge >= 0.3 is 5.97 Å². The molecule has 0 aromatic rings. The van der Waals surface area contributed by atoms with Crippen molar-refractivity contribution in [3.63, 3.8) is 0 Å². The fraction of sp³-hybridized carbons (Fsp3) is 0.700. The second-order valence-electron chi connectivity index (χ2n) is 4.09. The second kappa shape index (κ2) is 2.35. The van der Waals surface area contributed by atoms with E-state index in [-0.39, 0.29) is 23.6 Å². The third-order valence-corrected chi connectivity index (χ3v) is 3.54. The molecule has 3 aliphatic rings. The zero-order chi connectivity index (χ0) is 8.89.